The van der Waals surface area contributed by atoms with Gasteiger partial charge in [-0.1, -0.05) is 26.7 Å². The molecule has 0 aromatic carbocycles. The summed E-state index contributed by atoms with van der Waals surface area (Å²) in [4.78, 5) is 12.5. The molecule has 0 amide bonds. The second kappa shape index (κ2) is 5.67. The van der Waals surface area contributed by atoms with Crippen molar-refractivity contribution in [2.45, 2.75) is 64.9 Å². The largest absolute Gasteiger partial charge is 0.431 e. The third-order valence-corrected chi connectivity index (χ3v) is 6.85. The normalized spacial score (nSPS) is 47.0. The average molecular weight is 378 g/mol. The Kier molecular flexibility index (Phi) is 4.41. The van der Waals surface area contributed by atoms with Crippen LogP contribution in [0.3, 0.4) is 0 Å². The fraction of sp³-hybridized carbons (Fsp3) is 0.778. The van der Waals surface area contributed by atoms with Crippen molar-refractivity contribution in [3.63, 3.8) is 0 Å². The number of carbonyl (C=O) groups excluding carboxylic acids is 1. The van der Waals surface area contributed by atoms with Crippen LogP contribution in [0.2, 0.25) is 0 Å². The Morgan fingerprint density at radius 2 is 2.00 bits per heavy atom. The summed E-state index contributed by atoms with van der Waals surface area (Å²) in [5.74, 6) is 1.17. The summed E-state index contributed by atoms with van der Waals surface area (Å²) in [5, 5.41) is 9.94. The van der Waals surface area contributed by atoms with Gasteiger partial charge >= 0.3 is 5.97 Å². The van der Waals surface area contributed by atoms with E-state index in [9.17, 15) is 9.90 Å². The van der Waals surface area contributed by atoms with E-state index in [1.165, 1.54) is 12.0 Å². The van der Waals surface area contributed by atoms with Crippen molar-refractivity contribution in [2.24, 2.45) is 22.7 Å². The molecule has 1 heterocycles. The van der Waals surface area contributed by atoms with Crippen LogP contribution in [0.15, 0.2) is 11.3 Å². The molecule has 22 heavy (non-hydrogen) atoms. The maximum atomic E-state index is 12.5. The first-order valence-electron chi connectivity index (χ1n) is 8.42. The number of hydrogen-bond donors (Lipinski definition) is 1. The first-order chi connectivity index (χ1) is 9.94. The fourth-order valence-electron chi connectivity index (χ4n) is 5.37. The van der Waals surface area contributed by atoms with E-state index in [2.05, 4.69) is 20.3 Å². The standard InChI is InChI=1S/C18H25O3.Y/c1-17-7-3-4-12(17)15-13(6-8-17)18(2)9-5-11(19)10-14(18)16(20)21-15;/h7,11-12,14,19H,3-6,8-10H2,1-2H3;/q-1;/t11-,12-,14+,17-,18+;/m0./s1. The Balaban J connectivity index is 0.00000144. The molecular formula is C18H25O3Y-. The second-order valence-corrected chi connectivity index (χ2v) is 8.00. The van der Waals surface area contributed by atoms with Crippen LogP contribution < -0.4 is 0 Å². The van der Waals surface area contributed by atoms with Crippen LogP contribution in [0.5, 0.6) is 0 Å². The van der Waals surface area contributed by atoms with Crippen molar-refractivity contribution in [1.82, 2.24) is 0 Å². The summed E-state index contributed by atoms with van der Waals surface area (Å²) in [7, 11) is 0. The van der Waals surface area contributed by atoms with E-state index < -0.39 is 0 Å². The zero-order valence-corrected chi connectivity index (χ0v) is 16.4. The van der Waals surface area contributed by atoms with Crippen molar-refractivity contribution < 1.29 is 47.3 Å². The van der Waals surface area contributed by atoms with Crippen LogP contribution in [0.25, 0.3) is 0 Å². The molecule has 4 aliphatic rings. The third kappa shape index (κ3) is 2.30. The number of aliphatic hydroxyl groups is 1. The first-order valence-corrected chi connectivity index (χ1v) is 8.42. The fourth-order valence-corrected chi connectivity index (χ4v) is 5.37. The molecule has 0 saturated heterocycles. The van der Waals surface area contributed by atoms with Crippen molar-refractivity contribution in [3.8, 4) is 0 Å². The predicted molar refractivity (Wildman–Crippen MR) is 78.9 cm³/mol. The molecule has 1 aliphatic heterocycles. The molecule has 4 heteroatoms. The molecule has 1 radical (unpaired) electrons. The number of esters is 1. The molecular weight excluding hydrogens is 353 g/mol. The van der Waals surface area contributed by atoms with E-state index in [0.717, 1.165) is 37.9 Å². The van der Waals surface area contributed by atoms with Crippen LogP contribution >= 0.6 is 0 Å². The average Bonchev–Trinajstić information content (AvgIpc) is 2.83. The molecule has 0 unspecified atom stereocenters. The first kappa shape index (κ1) is 17.1. The summed E-state index contributed by atoms with van der Waals surface area (Å²) in [5.41, 5.74) is 1.54. The maximum absolute atomic E-state index is 12.5. The van der Waals surface area contributed by atoms with E-state index >= 15 is 0 Å². The molecule has 3 nitrogen and oxygen atoms in total. The second-order valence-electron chi connectivity index (χ2n) is 8.00. The van der Waals surface area contributed by atoms with E-state index in [0.29, 0.717) is 12.3 Å². The van der Waals surface area contributed by atoms with Crippen molar-refractivity contribution in [3.05, 3.63) is 17.8 Å². The van der Waals surface area contributed by atoms with E-state index in [1.807, 2.05) is 0 Å². The Morgan fingerprint density at radius 1 is 1.23 bits per heavy atom. The molecule has 5 atom stereocenters. The molecule has 0 bridgehead atoms. The van der Waals surface area contributed by atoms with Crippen LogP contribution in [0.4, 0.5) is 0 Å². The van der Waals surface area contributed by atoms with Gasteiger partial charge in [-0.15, -0.1) is 5.41 Å². The summed E-state index contributed by atoms with van der Waals surface area (Å²) in [6.07, 6.45) is 8.88. The van der Waals surface area contributed by atoms with E-state index in [1.54, 1.807) is 0 Å². The zero-order valence-electron chi connectivity index (χ0n) is 13.6. The van der Waals surface area contributed by atoms with Crippen LogP contribution in [-0.4, -0.2) is 17.2 Å². The van der Waals surface area contributed by atoms with Gasteiger partial charge in [0, 0.05) is 38.1 Å². The van der Waals surface area contributed by atoms with Gasteiger partial charge in [0.25, 0.3) is 0 Å². The monoisotopic (exact) mass is 378 g/mol. The molecule has 2 fully saturated rings. The van der Waals surface area contributed by atoms with Crippen LogP contribution in [0.1, 0.15) is 58.8 Å². The Morgan fingerprint density at radius 3 is 2.77 bits per heavy atom. The van der Waals surface area contributed by atoms with Gasteiger partial charge < -0.3 is 16.3 Å². The predicted octanol–water partition coefficient (Wildman–Crippen LogP) is 3.38. The van der Waals surface area contributed by atoms with Gasteiger partial charge in [-0.2, -0.15) is 6.42 Å². The molecule has 3 aliphatic carbocycles. The summed E-state index contributed by atoms with van der Waals surface area (Å²) in [6.45, 7) is 4.56. The number of carbonyl (C=O) groups is 1. The number of rotatable bonds is 0. The van der Waals surface area contributed by atoms with Gasteiger partial charge in [0.2, 0.25) is 0 Å². The van der Waals surface area contributed by atoms with Gasteiger partial charge in [-0.05, 0) is 37.2 Å². The topological polar surface area (TPSA) is 46.5 Å². The van der Waals surface area contributed by atoms with Gasteiger partial charge in [0.1, 0.15) is 5.76 Å². The number of fused-ring (bicyclic) bond motifs is 4. The van der Waals surface area contributed by atoms with Gasteiger partial charge in [-0.3, -0.25) is 4.79 Å². The SMILES string of the molecule is C[C@@]12[CH-]CC[C@H]1C1=C(CC2)[C@@]2(C)CC[C@H](O)C[C@@H]2C(=O)O1.[Y]. The zero-order chi connectivity index (χ0) is 14.8. The molecule has 2 saturated carbocycles. The van der Waals surface area contributed by atoms with Crippen molar-refractivity contribution >= 4 is 5.97 Å². The van der Waals surface area contributed by atoms with Crippen LogP contribution in [0, 0.1) is 29.1 Å². The van der Waals surface area contributed by atoms with Gasteiger partial charge in [0.15, 0.2) is 0 Å². The minimum absolute atomic E-state index is 0. The number of hydrogen-bond acceptors (Lipinski definition) is 3. The minimum atomic E-state index is -0.341. The van der Waals surface area contributed by atoms with E-state index in [-0.39, 0.29) is 61.5 Å². The molecule has 0 aromatic heterocycles. The number of allylic oxidation sites excluding steroid dienone is 2. The summed E-state index contributed by atoms with van der Waals surface area (Å²) < 4.78 is 5.86. The van der Waals surface area contributed by atoms with Gasteiger partial charge in [-0.25, -0.2) is 0 Å². The number of ether oxygens (including phenoxy) is 1. The Hall–Kier alpha value is 0.274. The Bertz CT molecular complexity index is 528. The third-order valence-electron chi connectivity index (χ3n) is 6.85. The molecule has 0 spiro atoms. The van der Waals surface area contributed by atoms with Crippen molar-refractivity contribution in [2.75, 3.05) is 0 Å². The number of aliphatic hydroxyl groups excluding tert-OH is 1. The minimum Gasteiger partial charge on any atom is -0.431 e. The summed E-state index contributed by atoms with van der Waals surface area (Å²) >= 11 is 0. The molecule has 0 aromatic rings. The summed E-state index contributed by atoms with van der Waals surface area (Å²) in [6, 6.07) is 0. The van der Waals surface area contributed by atoms with Crippen molar-refractivity contribution in [1.29, 1.82) is 0 Å². The maximum Gasteiger partial charge on any atom is 0.315 e. The molecule has 4 rings (SSSR count). The Labute approximate surface area is 158 Å². The van der Waals surface area contributed by atoms with Crippen LogP contribution in [-0.2, 0) is 42.2 Å². The quantitative estimate of drug-likeness (QED) is 0.519. The van der Waals surface area contributed by atoms with Gasteiger partial charge in [0.05, 0.1) is 12.0 Å². The molecule has 119 valence electrons. The molecule has 1 N–H and O–H groups in total. The van der Waals surface area contributed by atoms with E-state index in [4.69, 9.17) is 4.74 Å². The smallest absolute Gasteiger partial charge is 0.315 e.